The normalized spacial score (nSPS) is 13.2. The zero-order chi connectivity index (χ0) is 18.5. The van der Waals surface area contributed by atoms with Crippen molar-refractivity contribution in [2.45, 2.75) is 32.1 Å². The Hall–Kier alpha value is -1.92. The Labute approximate surface area is 169 Å². The van der Waals surface area contributed by atoms with E-state index in [1.807, 2.05) is 6.07 Å². The largest absolute Gasteiger partial charge is 0.452 e. The standard InChI is InChI=1S/C19H17IN2O3S/c20-13-6-4-5-12(9-13)19(24)25-11-17(23)22-18-15(10-21)14-7-2-1-3-8-16(14)26-18/h4-6,9H,1-3,7-8,11H2,(H,22,23). The minimum Gasteiger partial charge on any atom is -0.452 e. The minimum atomic E-state index is -0.541. The summed E-state index contributed by atoms with van der Waals surface area (Å²) < 4.78 is 6.00. The van der Waals surface area contributed by atoms with Gasteiger partial charge in [-0.25, -0.2) is 4.79 Å². The number of rotatable bonds is 4. The molecule has 0 radical (unpaired) electrons. The van der Waals surface area contributed by atoms with E-state index in [0.717, 1.165) is 34.8 Å². The first-order valence-corrected chi connectivity index (χ1v) is 10.2. The summed E-state index contributed by atoms with van der Waals surface area (Å²) in [5.41, 5.74) is 2.04. The van der Waals surface area contributed by atoms with Crippen molar-refractivity contribution in [3.63, 3.8) is 0 Å². The maximum absolute atomic E-state index is 12.2. The fraction of sp³-hybridized carbons (Fsp3) is 0.316. The number of ether oxygens (including phenoxy) is 1. The Morgan fingerprint density at radius 3 is 2.85 bits per heavy atom. The number of nitrogens with zero attached hydrogens (tertiary/aromatic N) is 1. The molecular weight excluding hydrogens is 463 g/mol. The van der Waals surface area contributed by atoms with Gasteiger partial charge in [-0.15, -0.1) is 11.3 Å². The number of anilines is 1. The Kier molecular flexibility index (Phi) is 6.27. The van der Waals surface area contributed by atoms with E-state index < -0.39 is 11.9 Å². The smallest absolute Gasteiger partial charge is 0.338 e. The topological polar surface area (TPSA) is 79.2 Å². The van der Waals surface area contributed by atoms with Gasteiger partial charge in [-0.3, -0.25) is 4.79 Å². The van der Waals surface area contributed by atoms with E-state index in [-0.39, 0.29) is 6.61 Å². The van der Waals surface area contributed by atoms with Crippen LogP contribution in [0, 0.1) is 14.9 Å². The molecule has 0 spiro atoms. The van der Waals surface area contributed by atoms with Gasteiger partial charge in [0.25, 0.3) is 5.91 Å². The Morgan fingerprint density at radius 1 is 1.27 bits per heavy atom. The molecule has 0 aliphatic heterocycles. The van der Waals surface area contributed by atoms with Crippen LogP contribution in [0.15, 0.2) is 24.3 Å². The molecular formula is C19H17IN2O3S. The van der Waals surface area contributed by atoms with Crippen LogP contribution in [0.3, 0.4) is 0 Å². The lowest BCUT2D eigenvalue weighted by atomic mass is 10.1. The predicted molar refractivity (Wildman–Crippen MR) is 108 cm³/mol. The highest BCUT2D eigenvalue weighted by atomic mass is 127. The first-order valence-electron chi connectivity index (χ1n) is 8.35. The van der Waals surface area contributed by atoms with Crippen LogP contribution in [-0.4, -0.2) is 18.5 Å². The minimum absolute atomic E-state index is 0.377. The summed E-state index contributed by atoms with van der Waals surface area (Å²) in [5, 5.41) is 12.8. The van der Waals surface area contributed by atoms with Gasteiger partial charge in [0.15, 0.2) is 6.61 Å². The fourth-order valence-corrected chi connectivity index (χ4v) is 4.74. The molecule has 2 aromatic rings. The molecule has 1 heterocycles. The Balaban J connectivity index is 1.63. The molecule has 1 aromatic carbocycles. The lowest BCUT2D eigenvalue weighted by Gasteiger charge is -2.06. The monoisotopic (exact) mass is 480 g/mol. The molecule has 0 fully saturated rings. The molecule has 0 bridgehead atoms. The summed E-state index contributed by atoms with van der Waals surface area (Å²) in [4.78, 5) is 25.4. The van der Waals surface area contributed by atoms with Crippen molar-refractivity contribution in [1.82, 2.24) is 0 Å². The van der Waals surface area contributed by atoms with E-state index in [1.54, 1.807) is 18.2 Å². The van der Waals surface area contributed by atoms with Crippen LogP contribution in [0.5, 0.6) is 0 Å². The molecule has 7 heteroatoms. The lowest BCUT2D eigenvalue weighted by molar-refractivity contribution is -0.119. The van der Waals surface area contributed by atoms with Crippen molar-refractivity contribution >= 4 is 50.8 Å². The van der Waals surface area contributed by atoms with Crippen LogP contribution < -0.4 is 5.32 Å². The van der Waals surface area contributed by atoms with Crippen molar-refractivity contribution in [1.29, 1.82) is 5.26 Å². The quantitative estimate of drug-likeness (QED) is 0.403. The van der Waals surface area contributed by atoms with Gasteiger partial charge in [-0.05, 0) is 72.0 Å². The summed E-state index contributed by atoms with van der Waals surface area (Å²) in [5.74, 6) is -0.974. The van der Waals surface area contributed by atoms with E-state index >= 15 is 0 Å². The maximum Gasteiger partial charge on any atom is 0.338 e. The van der Waals surface area contributed by atoms with Crippen molar-refractivity contribution in [3.8, 4) is 6.07 Å². The van der Waals surface area contributed by atoms with Crippen LogP contribution in [0.25, 0.3) is 0 Å². The fourth-order valence-electron chi connectivity index (χ4n) is 2.94. The van der Waals surface area contributed by atoms with Gasteiger partial charge in [-0.1, -0.05) is 12.5 Å². The van der Waals surface area contributed by atoms with Crippen LogP contribution in [0.4, 0.5) is 5.00 Å². The van der Waals surface area contributed by atoms with E-state index in [9.17, 15) is 14.9 Å². The summed E-state index contributed by atoms with van der Waals surface area (Å²) in [6.45, 7) is -0.377. The number of esters is 1. The third kappa shape index (κ3) is 4.43. The lowest BCUT2D eigenvalue weighted by Crippen LogP contribution is -2.21. The van der Waals surface area contributed by atoms with Crippen LogP contribution in [0.2, 0.25) is 0 Å². The van der Waals surface area contributed by atoms with Gasteiger partial charge >= 0.3 is 5.97 Å². The SMILES string of the molecule is N#Cc1c(NC(=O)COC(=O)c2cccc(I)c2)sc2c1CCCCC2. The Morgan fingerprint density at radius 2 is 2.08 bits per heavy atom. The second-order valence-electron chi connectivity index (χ2n) is 6.02. The van der Waals surface area contributed by atoms with Gasteiger partial charge in [0.05, 0.1) is 11.1 Å². The molecule has 134 valence electrons. The van der Waals surface area contributed by atoms with Gasteiger partial charge in [0.1, 0.15) is 11.1 Å². The van der Waals surface area contributed by atoms with Crippen LogP contribution in [0.1, 0.15) is 45.6 Å². The second-order valence-corrected chi connectivity index (χ2v) is 8.37. The predicted octanol–water partition coefficient (Wildman–Crippen LogP) is 4.29. The molecule has 5 nitrogen and oxygen atoms in total. The highest BCUT2D eigenvalue weighted by Gasteiger charge is 2.21. The zero-order valence-electron chi connectivity index (χ0n) is 14.0. The number of nitriles is 1. The molecule has 1 aliphatic carbocycles. The number of aryl methyl sites for hydroxylation is 1. The maximum atomic E-state index is 12.2. The highest BCUT2D eigenvalue weighted by molar-refractivity contribution is 14.1. The number of halogens is 1. The molecule has 1 aromatic heterocycles. The summed E-state index contributed by atoms with van der Waals surface area (Å²) >= 11 is 3.57. The highest BCUT2D eigenvalue weighted by Crippen LogP contribution is 2.36. The number of fused-ring (bicyclic) bond motifs is 1. The van der Waals surface area contributed by atoms with E-state index in [1.165, 1.54) is 22.6 Å². The zero-order valence-corrected chi connectivity index (χ0v) is 17.0. The van der Waals surface area contributed by atoms with Crippen molar-refractivity contribution < 1.29 is 14.3 Å². The molecule has 0 atom stereocenters. The number of carbonyl (C=O) groups is 2. The number of hydrogen-bond acceptors (Lipinski definition) is 5. The van der Waals surface area contributed by atoms with Gasteiger partial charge < -0.3 is 10.1 Å². The molecule has 0 unspecified atom stereocenters. The average Bonchev–Trinajstić information content (AvgIpc) is 2.79. The Bertz CT molecular complexity index is 885. The third-order valence-corrected chi connectivity index (χ3v) is 6.06. The third-order valence-electron chi connectivity index (χ3n) is 4.18. The average molecular weight is 480 g/mol. The number of carbonyl (C=O) groups excluding carboxylic acids is 2. The van der Waals surface area contributed by atoms with E-state index in [0.29, 0.717) is 16.1 Å². The van der Waals surface area contributed by atoms with Crippen molar-refractivity contribution in [2.75, 3.05) is 11.9 Å². The second kappa shape index (κ2) is 8.64. The first kappa shape index (κ1) is 18.9. The number of thiophene rings is 1. The molecule has 0 saturated heterocycles. The number of benzene rings is 1. The number of hydrogen-bond donors (Lipinski definition) is 1. The summed E-state index contributed by atoms with van der Waals surface area (Å²) in [7, 11) is 0. The van der Waals surface area contributed by atoms with Crippen molar-refractivity contribution in [2.24, 2.45) is 0 Å². The molecule has 0 saturated carbocycles. The molecule has 26 heavy (non-hydrogen) atoms. The summed E-state index contributed by atoms with van der Waals surface area (Å²) in [6.07, 6.45) is 5.18. The number of amides is 1. The molecule has 1 aliphatic rings. The van der Waals surface area contributed by atoms with Gasteiger partial charge in [0, 0.05) is 8.45 Å². The number of nitrogens with one attached hydrogen (secondary N) is 1. The molecule has 1 amide bonds. The van der Waals surface area contributed by atoms with Gasteiger partial charge in [0.2, 0.25) is 0 Å². The van der Waals surface area contributed by atoms with Crippen LogP contribution >= 0.6 is 33.9 Å². The van der Waals surface area contributed by atoms with E-state index in [4.69, 9.17) is 4.74 Å². The first-order chi connectivity index (χ1) is 12.6. The van der Waals surface area contributed by atoms with Crippen molar-refractivity contribution in [3.05, 3.63) is 49.4 Å². The van der Waals surface area contributed by atoms with E-state index in [2.05, 4.69) is 34.0 Å². The van der Waals surface area contributed by atoms with Crippen LogP contribution in [-0.2, 0) is 22.4 Å². The molecule has 3 rings (SSSR count). The van der Waals surface area contributed by atoms with Gasteiger partial charge in [-0.2, -0.15) is 5.26 Å². The molecule has 1 N–H and O–H groups in total. The summed E-state index contributed by atoms with van der Waals surface area (Å²) in [6, 6.07) is 9.20.